The maximum absolute atomic E-state index is 12.7. The van der Waals surface area contributed by atoms with Gasteiger partial charge in [0.2, 0.25) is 0 Å². The lowest BCUT2D eigenvalue weighted by molar-refractivity contribution is -0.136. The van der Waals surface area contributed by atoms with Crippen LogP contribution in [0.1, 0.15) is 28.8 Å². The fraction of sp³-hybridized carbons (Fsp3) is 0.400. The summed E-state index contributed by atoms with van der Waals surface area (Å²) in [6.07, 6.45) is -1.73. The molecule has 0 atom stereocenters. The lowest BCUT2D eigenvalue weighted by Crippen LogP contribution is -2.08. The number of aliphatic carboxylic acids is 1. The van der Waals surface area contributed by atoms with Gasteiger partial charge in [0.1, 0.15) is 0 Å². The third-order valence-corrected chi connectivity index (χ3v) is 2.51. The van der Waals surface area contributed by atoms with E-state index in [4.69, 9.17) is 16.7 Å². The molecule has 0 aromatic carbocycles. The number of hydrogen-bond acceptors (Lipinski definition) is 2. The van der Waals surface area contributed by atoms with Gasteiger partial charge in [0.15, 0.2) is 0 Å². The van der Waals surface area contributed by atoms with Gasteiger partial charge in [-0.1, -0.05) is 0 Å². The molecule has 0 spiro atoms. The van der Waals surface area contributed by atoms with Crippen LogP contribution in [0.25, 0.3) is 0 Å². The number of carboxylic acids is 1. The van der Waals surface area contributed by atoms with Gasteiger partial charge in [-0.15, -0.1) is 11.6 Å². The minimum Gasteiger partial charge on any atom is -0.481 e. The maximum atomic E-state index is 12.7. The molecule has 0 unspecified atom stereocenters. The van der Waals surface area contributed by atoms with Crippen molar-refractivity contribution in [2.75, 3.05) is 0 Å². The van der Waals surface area contributed by atoms with Crippen molar-refractivity contribution in [2.45, 2.75) is 25.7 Å². The summed E-state index contributed by atoms with van der Waals surface area (Å²) in [6, 6.07) is 0. The Balaban J connectivity index is 3.26. The SMILES string of the molecule is Cc1c(CC(=O)O)cnc(CCl)c1C(F)F. The fourth-order valence-electron chi connectivity index (χ4n) is 1.45. The predicted molar refractivity (Wildman–Crippen MR) is 54.8 cm³/mol. The lowest BCUT2D eigenvalue weighted by Gasteiger charge is -2.12. The second-order valence-corrected chi connectivity index (χ2v) is 3.54. The molecule has 0 aliphatic rings. The molecule has 0 saturated carbocycles. The predicted octanol–water partition coefficient (Wildman–Crippen LogP) is 2.69. The highest BCUT2D eigenvalue weighted by molar-refractivity contribution is 6.17. The molecule has 1 aromatic rings. The van der Waals surface area contributed by atoms with E-state index in [1.54, 1.807) is 0 Å². The van der Waals surface area contributed by atoms with Gasteiger partial charge < -0.3 is 5.11 Å². The number of halogens is 3. The molecule has 0 fully saturated rings. The summed E-state index contributed by atoms with van der Waals surface area (Å²) in [4.78, 5) is 14.3. The van der Waals surface area contributed by atoms with E-state index in [-0.39, 0.29) is 34.7 Å². The van der Waals surface area contributed by atoms with Gasteiger partial charge in [0, 0.05) is 11.8 Å². The van der Waals surface area contributed by atoms with Crippen molar-refractivity contribution in [1.29, 1.82) is 0 Å². The van der Waals surface area contributed by atoms with E-state index >= 15 is 0 Å². The largest absolute Gasteiger partial charge is 0.481 e. The first kappa shape index (κ1) is 12.8. The summed E-state index contributed by atoms with van der Waals surface area (Å²) in [5.74, 6) is -1.20. The molecule has 0 aliphatic carbocycles. The molecule has 1 heterocycles. The van der Waals surface area contributed by atoms with E-state index in [0.717, 1.165) is 0 Å². The summed E-state index contributed by atoms with van der Waals surface area (Å²) in [5.41, 5.74) is 0.386. The standard InChI is InChI=1S/C10H10ClF2NO2/c1-5-6(2-8(15)16)4-14-7(3-11)9(5)10(12)13/h4,10H,2-3H2,1H3,(H,15,16). The average molecular weight is 250 g/mol. The first-order chi connectivity index (χ1) is 7.47. The number of carboxylic acid groups (broad SMARTS) is 1. The van der Waals surface area contributed by atoms with Crippen molar-refractivity contribution in [1.82, 2.24) is 4.98 Å². The normalized spacial score (nSPS) is 10.8. The molecule has 1 N–H and O–H groups in total. The summed E-state index contributed by atoms with van der Waals surface area (Å²) in [6.45, 7) is 1.46. The Morgan fingerprint density at radius 1 is 1.62 bits per heavy atom. The monoisotopic (exact) mass is 249 g/mol. The van der Waals surface area contributed by atoms with Crippen molar-refractivity contribution < 1.29 is 18.7 Å². The number of rotatable bonds is 4. The van der Waals surface area contributed by atoms with Gasteiger partial charge >= 0.3 is 5.97 Å². The second-order valence-electron chi connectivity index (χ2n) is 3.27. The number of nitrogens with zero attached hydrogens (tertiary/aromatic N) is 1. The van der Waals surface area contributed by atoms with Gasteiger partial charge in [-0.25, -0.2) is 8.78 Å². The van der Waals surface area contributed by atoms with Crippen LogP contribution in [0.15, 0.2) is 6.20 Å². The van der Waals surface area contributed by atoms with E-state index < -0.39 is 12.4 Å². The zero-order valence-corrected chi connectivity index (χ0v) is 9.26. The molecule has 0 amide bonds. The van der Waals surface area contributed by atoms with Crippen LogP contribution in [0.5, 0.6) is 0 Å². The quantitative estimate of drug-likeness (QED) is 0.835. The van der Waals surface area contributed by atoms with Crippen LogP contribution < -0.4 is 0 Å². The molecule has 0 radical (unpaired) electrons. The minimum absolute atomic E-state index is 0.100. The fourth-order valence-corrected chi connectivity index (χ4v) is 1.66. The average Bonchev–Trinajstić information content (AvgIpc) is 2.19. The van der Waals surface area contributed by atoms with E-state index in [9.17, 15) is 13.6 Å². The number of hydrogen-bond donors (Lipinski definition) is 1. The maximum Gasteiger partial charge on any atom is 0.307 e. The molecule has 6 heteroatoms. The van der Waals surface area contributed by atoms with Crippen LogP contribution in [-0.4, -0.2) is 16.1 Å². The van der Waals surface area contributed by atoms with Crippen LogP contribution in [0.3, 0.4) is 0 Å². The summed E-state index contributed by atoms with van der Waals surface area (Å²) in [5, 5.41) is 8.61. The zero-order chi connectivity index (χ0) is 12.3. The summed E-state index contributed by atoms with van der Waals surface area (Å²) >= 11 is 5.49. The molecule has 3 nitrogen and oxygen atoms in total. The zero-order valence-electron chi connectivity index (χ0n) is 8.51. The lowest BCUT2D eigenvalue weighted by atomic mass is 10.0. The third kappa shape index (κ3) is 2.66. The van der Waals surface area contributed by atoms with E-state index in [1.165, 1.54) is 13.1 Å². The first-order valence-electron chi connectivity index (χ1n) is 4.50. The summed E-state index contributed by atoms with van der Waals surface area (Å²) < 4.78 is 25.5. The Hall–Kier alpha value is -1.23. The van der Waals surface area contributed by atoms with Crippen molar-refractivity contribution in [2.24, 2.45) is 0 Å². The minimum atomic E-state index is -2.70. The van der Waals surface area contributed by atoms with Crippen LogP contribution >= 0.6 is 11.6 Å². The van der Waals surface area contributed by atoms with Gasteiger partial charge in [-0.3, -0.25) is 9.78 Å². The molecule has 0 aliphatic heterocycles. The molecule has 88 valence electrons. The smallest absolute Gasteiger partial charge is 0.307 e. The van der Waals surface area contributed by atoms with Crippen molar-refractivity contribution in [3.63, 3.8) is 0 Å². The van der Waals surface area contributed by atoms with Gasteiger partial charge in [0.05, 0.1) is 18.0 Å². The Kier molecular flexibility index (Phi) is 4.18. The number of aromatic nitrogens is 1. The van der Waals surface area contributed by atoms with Crippen LogP contribution in [0, 0.1) is 6.92 Å². The molecule has 0 bridgehead atoms. The van der Waals surface area contributed by atoms with Crippen LogP contribution in [0.4, 0.5) is 8.78 Å². The molecule has 1 aromatic heterocycles. The Bertz CT molecular complexity index is 410. The van der Waals surface area contributed by atoms with Crippen molar-refractivity contribution >= 4 is 17.6 Å². The van der Waals surface area contributed by atoms with E-state index in [0.29, 0.717) is 0 Å². The summed E-state index contributed by atoms with van der Waals surface area (Å²) in [7, 11) is 0. The molecular formula is C10H10ClF2NO2. The third-order valence-electron chi connectivity index (χ3n) is 2.26. The van der Waals surface area contributed by atoms with Gasteiger partial charge in [-0.05, 0) is 18.1 Å². The second kappa shape index (κ2) is 5.21. The van der Waals surface area contributed by atoms with Crippen LogP contribution in [0.2, 0.25) is 0 Å². The Morgan fingerprint density at radius 2 is 2.25 bits per heavy atom. The van der Waals surface area contributed by atoms with Crippen molar-refractivity contribution in [3.8, 4) is 0 Å². The number of carbonyl (C=O) groups is 1. The number of alkyl halides is 3. The highest BCUT2D eigenvalue weighted by Crippen LogP contribution is 2.28. The highest BCUT2D eigenvalue weighted by Gasteiger charge is 2.19. The Morgan fingerprint density at radius 3 is 2.69 bits per heavy atom. The van der Waals surface area contributed by atoms with Gasteiger partial charge in [0.25, 0.3) is 6.43 Å². The van der Waals surface area contributed by atoms with Crippen molar-refractivity contribution in [3.05, 3.63) is 28.6 Å². The van der Waals surface area contributed by atoms with Crippen LogP contribution in [-0.2, 0) is 17.1 Å². The molecule has 0 saturated heterocycles. The first-order valence-corrected chi connectivity index (χ1v) is 5.04. The molecule has 16 heavy (non-hydrogen) atoms. The number of pyridine rings is 1. The van der Waals surface area contributed by atoms with E-state index in [2.05, 4.69) is 4.98 Å². The highest BCUT2D eigenvalue weighted by atomic mass is 35.5. The topological polar surface area (TPSA) is 50.2 Å². The molecule has 1 rings (SSSR count). The van der Waals surface area contributed by atoms with Gasteiger partial charge in [-0.2, -0.15) is 0 Å². The Labute approximate surface area is 96.1 Å². The molecular weight excluding hydrogens is 240 g/mol. The van der Waals surface area contributed by atoms with E-state index in [1.807, 2.05) is 0 Å².